The van der Waals surface area contributed by atoms with Gasteiger partial charge in [0.15, 0.2) is 0 Å². The lowest BCUT2D eigenvalue weighted by Crippen LogP contribution is -2.51. The Morgan fingerprint density at radius 3 is 2.85 bits per heavy atom. The molecule has 1 amide bonds. The predicted molar refractivity (Wildman–Crippen MR) is 50.7 cm³/mol. The Hall–Kier alpha value is -0.770. The van der Waals surface area contributed by atoms with Crippen molar-refractivity contribution >= 4 is 6.09 Å². The van der Waals surface area contributed by atoms with Crippen molar-refractivity contribution in [3.05, 3.63) is 0 Å². The second-order valence-corrected chi connectivity index (χ2v) is 3.73. The maximum atomic E-state index is 11.4. The van der Waals surface area contributed by atoms with Crippen LogP contribution in [0.5, 0.6) is 0 Å². The highest BCUT2D eigenvalue weighted by atomic mass is 16.6. The summed E-state index contributed by atoms with van der Waals surface area (Å²) in [5, 5.41) is 3.27. The maximum Gasteiger partial charge on any atom is 0.410 e. The summed E-state index contributed by atoms with van der Waals surface area (Å²) in [7, 11) is 0. The molecule has 0 saturated carbocycles. The summed E-state index contributed by atoms with van der Waals surface area (Å²) < 4.78 is 5.10. The molecule has 1 atom stereocenters. The average Bonchev–Trinajstić information content (AvgIpc) is 2.03. The van der Waals surface area contributed by atoms with E-state index in [-0.39, 0.29) is 12.2 Å². The van der Waals surface area contributed by atoms with Gasteiger partial charge in [-0.1, -0.05) is 0 Å². The lowest BCUT2D eigenvalue weighted by molar-refractivity contribution is 0.0685. The lowest BCUT2D eigenvalue weighted by Gasteiger charge is -2.31. The van der Waals surface area contributed by atoms with Gasteiger partial charge in [-0.05, 0) is 20.8 Å². The van der Waals surface area contributed by atoms with Crippen LogP contribution in [0.15, 0.2) is 0 Å². The van der Waals surface area contributed by atoms with Crippen LogP contribution in [0.25, 0.3) is 0 Å². The first-order chi connectivity index (χ1) is 6.09. The molecule has 0 aromatic heterocycles. The number of nitrogens with zero attached hydrogens (tertiary/aromatic N) is 1. The number of ether oxygens (including phenoxy) is 1. The quantitative estimate of drug-likeness (QED) is 0.659. The molecule has 13 heavy (non-hydrogen) atoms. The van der Waals surface area contributed by atoms with Crippen LogP contribution < -0.4 is 5.32 Å². The van der Waals surface area contributed by atoms with Gasteiger partial charge in [0.1, 0.15) is 0 Å². The highest BCUT2D eigenvalue weighted by Crippen LogP contribution is 2.02. The number of hydrogen-bond donors (Lipinski definition) is 1. The third-order valence-corrected chi connectivity index (χ3v) is 1.96. The van der Waals surface area contributed by atoms with E-state index in [2.05, 4.69) is 12.2 Å². The van der Waals surface area contributed by atoms with Crippen LogP contribution >= 0.6 is 0 Å². The van der Waals surface area contributed by atoms with Gasteiger partial charge in [-0.25, -0.2) is 4.79 Å². The molecule has 1 rings (SSSR count). The molecule has 4 nitrogen and oxygen atoms in total. The normalized spacial score (nSPS) is 23.4. The average molecular weight is 186 g/mol. The molecule has 1 fully saturated rings. The minimum Gasteiger partial charge on any atom is -0.447 e. The van der Waals surface area contributed by atoms with Gasteiger partial charge in [0.25, 0.3) is 0 Å². The van der Waals surface area contributed by atoms with Crippen molar-refractivity contribution in [2.45, 2.75) is 32.9 Å². The minimum absolute atomic E-state index is 0.0299. The largest absolute Gasteiger partial charge is 0.447 e. The molecule has 0 unspecified atom stereocenters. The van der Waals surface area contributed by atoms with E-state index in [9.17, 15) is 4.79 Å². The molecule has 1 aliphatic rings. The van der Waals surface area contributed by atoms with Gasteiger partial charge >= 0.3 is 6.09 Å². The Morgan fingerprint density at radius 1 is 1.62 bits per heavy atom. The van der Waals surface area contributed by atoms with Gasteiger partial charge in [0.05, 0.1) is 6.10 Å². The maximum absolute atomic E-state index is 11.4. The summed E-state index contributed by atoms with van der Waals surface area (Å²) in [5.41, 5.74) is 0. The van der Waals surface area contributed by atoms with Gasteiger partial charge in [-0.15, -0.1) is 0 Å². The van der Waals surface area contributed by atoms with Crippen molar-refractivity contribution in [1.29, 1.82) is 0 Å². The predicted octanol–water partition coefficient (Wildman–Crippen LogP) is 0.825. The van der Waals surface area contributed by atoms with E-state index in [4.69, 9.17) is 4.74 Å². The van der Waals surface area contributed by atoms with Crippen LogP contribution in [0.1, 0.15) is 20.8 Å². The first-order valence-electron chi connectivity index (χ1n) is 4.78. The van der Waals surface area contributed by atoms with Gasteiger partial charge in [-0.3, -0.25) is 0 Å². The second-order valence-electron chi connectivity index (χ2n) is 3.73. The van der Waals surface area contributed by atoms with E-state index in [0.717, 1.165) is 19.6 Å². The number of piperazine rings is 1. The summed E-state index contributed by atoms with van der Waals surface area (Å²) in [6, 6.07) is 0.369. The number of carbonyl (C=O) groups is 1. The van der Waals surface area contributed by atoms with E-state index < -0.39 is 0 Å². The van der Waals surface area contributed by atoms with Crippen molar-refractivity contribution < 1.29 is 9.53 Å². The van der Waals surface area contributed by atoms with Crippen LogP contribution in [0.4, 0.5) is 4.79 Å². The zero-order chi connectivity index (χ0) is 9.84. The minimum atomic E-state index is -0.191. The Morgan fingerprint density at radius 2 is 2.31 bits per heavy atom. The molecule has 4 heteroatoms. The van der Waals surface area contributed by atoms with Crippen molar-refractivity contribution in [3.8, 4) is 0 Å². The van der Waals surface area contributed by atoms with E-state index in [1.54, 1.807) is 4.90 Å². The van der Waals surface area contributed by atoms with Gasteiger partial charge in [0, 0.05) is 25.7 Å². The smallest absolute Gasteiger partial charge is 0.410 e. The van der Waals surface area contributed by atoms with Crippen LogP contribution in [-0.4, -0.2) is 42.8 Å². The molecule has 1 heterocycles. The van der Waals surface area contributed by atoms with Crippen molar-refractivity contribution in [1.82, 2.24) is 10.2 Å². The number of carbonyl (C=O) groups excluding carboxylic acids is 1. The summed E-state index contributed by atoms with van der Waals surface area (Å²) in [4.78, 5) is 13.2. The summed E-state index contributed by atoms with van der Waals surface area (Å²) in [6.45, 7) is 8.14. The van der Waals surface area contributed by atoms with E-state index >= 15 is 0 Å². The first kappa shape index (κ1) is 10.3. The van der Waals surface area contributed by atoms with Gasteiger partial charge < -0.3 is 15.0 Å². The molecular formula is C9H18N2O2. The van der Waals surface area contributed by atoms with E-state index in [1.807, 2.05) is 13.8 Å². The number of nitrogens with one attached hydrogen (secondary N) is 1. The van der Waals surface area contributed by atoms with Crippen LogP contribution in [0.2, 0.25) is 0 Å². The molecule has 0 aliphatic carbocycles. The highest BCUT2D eigenvalue weighted by molar-refractivity contribution is 5.68. The zero-order valence-electron chi connectivity index (χ0n) is 8.54. The second kappa shape index (κ2) is 4.46. The fourth-order valence-corrected chi connectivity index (χ4v) is 1.37. The molecule has 1 N–H and O–H groups in total. The lowest BCUT2D eigenvalue weighted by atomic mass is 10.2. The topological polar surface area (TPSA) is 41.6 Å². The Bertz CT molecular complexity index is 182. The van der Waals surface area contributed by atoms with E-state index in [0.29, 0.717) is 6.04 Å². The molecule has 1 aliphatic heterocycles. The van der Waals surface area contributed by atoms with Gasteiger partial charge in [0.2, 0.25) is 0 Å². The number of amides is 1. The molecule has 0 aromatic carbocycles. The SMILES string of the molecule is CC(C)OC(=O)N1CCN[C@H](C)C1. The molecule has 0 radical (unpaired) electrons. The van der Waals surface area contributed by atoms with E-state index in [1.165, 1.54) is 0 Å². The molecule has 0 spiro atoms. The Labute approximate surface area is 79.2 Å². The van der Waals surface area contributed by atoms with Crippen molar-refractivity contribution in [2.24, 2.45) is 0 Å². The fraction of sp³-hybridized carbons (Fsp3) is 0.889. The standard InChI is InChI=1S/C9H18N2O2/c1-7(2)13-9(12)11-5-4-10-8(3)6-11/h7-8,10H,4-6H2,1-3H3/t8-/m1/s1. The van der Waals surface area contributed by atoms with Crippen LogP contribution in [0.3, 0.4) is 0 Å². The summed E-state index contributed by atoms with van der Waals surface area (Å²) in [6.07, 6.45) is -0.221. The zero-order valence-corrected chi connectivity index (χ0v) is 8.54. The van der Waals surface area contributed by atoms with Crippen molar-refractivity contribution in [2.75, 3.05) is 19.6 Å². The highest BCUT2D eigenvalue weighted by Gasteiger charge is 2.21. The molecule has 76 valence electrons. The third-order valence-electron chi connectivity index (χ3n) is 1.96. The first-order valence-corrected chi connectivity index (χ1v) is 4.78. The van der Waals surface area contributed by atoms with Crippen LogP contribution in [0, 0.1) is 0 Å². The Balaban J connectivity index is 2.37. The summed E-state index contributed by atoms with van der Waals surface area (Å²) in [5.74, 6) is 0. The fourth-order valence-electron chi connectivity index (χ4n) is 1.37. The van der Waals surface area contributed by atoms with Crippen molar-refractivity contribution in [3.63, 3.8) is 0 Å². The Kier molecular flexibility index (Phi) is 3.54. The number of rotatable bonds is 1. The van der Waals surface area contributed by atoms with Gasteiger partial charge in [-0.2, -0.15) is 0 Å². The summed E-state index contributed by atoms with van der Waals surface area (Å²) >= 11 is 0. The van der Waals surface area contributed by atoms with Crippen LogP contribution in [-0.2, 0) is 4.74 Å². The molecular weight excluding hydrogens is 168 g/mol. The third kappa shape index (κ3) is 3.22. The number of hydrogen-bond acceptors (Lipinski definition) is 3. The molecule has 0 bridgehead atoms. The molecule has 0 aromatic rings. The molecule has 1 saturated heterocycles. The monoisotopic (exact) mass is 186 g/mol.